The van der Waals surface area contributed by atoms with Gasteiger partial charge in [0.2, 0.25) is 4.77 Å². The largest absolute Gasteiger partial charge is 0.545 e. The minimum absolute atomic E-state index is 0.107. The SMILES string of the molecule is CCOc1cccc(-c2n[nH]c(=S)n2/N=C\c2ccc(C(=O)[O-])cc2)c1. The summed E-state index contributed by atoms with van der Waals surface area (Å²) in [4.78, 5) is 10.8. The van der Waals surface area contributed by atoms with Crippen LogP contribution in [0.3, 0.4) is 0 Å². The van der Waals surface area contributed by atoms with Gasteiger partial charge in [0, 0.05) is 5.56 Å². The predicted octanol–water partition coefficient (Wildman–Crippen LogP) is 2.25. The lowest BCUT2D eigenvalue weighted by Gasteiger charge is -2.05. The second-order valence-corrected chi connectivity index (χ2v) is 5.67. The number of aromatic amines is 1. The van der Waals surface area contributed by atoms with Crippen LogP contribution in [0.4, 0.5) is 0 Å². The summed E-state index contributed by atoms with van der Waals surface area (Å²) in [6.45, 7) is 2.48. The summed E-state index contributed by atoms with van der Waals surface area (Å²) >= 11 is 5.24. The zero-order chi connectivity index (χ0) is 18.5. The molecule has 3 aromatic rings. The molecule has 8 heteroatoms. The highest BCUT2D eigenvalue weighted by atomic mass is 32.1. The number of nitrogens with one attached hydrogen (secondary N) is 1. The van der Waals surface area contributed by atoms with Crippen LogP contribution in [0.2, 0.25) is 0 Å². The van der Waals surface area contributed by atoms with Crippen LogP contribution in [0.15, 0.2) is 53.6 Å². The maximum Gasteiger partial charge on any atom is 0.216 e. The maximum absolute atomic E-state index is 10.8. The van der Waals surface area contributed by atoms with Gasteiger partial charge in [0.05, 0.1) is 18.8 Å². The Labute approximate surface area is 154 Å². The van der Waals surface area contributed by atoms with Crippen molar-refractivity contribution < 1.29 is 14.6 Å². The molecule has 132 valence electrons. The molecule has 0 aliphatic carbocycles. The summed E-state index contributed by atoms with van der Waals surface area (Å²) in [6.07, 6.45) is 1.57. The molecular formula is C18H15N4O3S-. The van der Waals surface area contributed by atoms with Crippen LogP contribution in [-0.2, 0) is 0 Å². The van der Waals surface area contributed by atoms with Crippen molar-refractivity contribution in [2.24, 2.45) is 5.10 Å². The van der Waals surface area contributed by atoms with Crippen LogP contribution in [0.25, 0.3) is 11.4 Å². The van der Waals surface area contributed by atoms with E-state index in [1.165, 1.54) is 16.8 Å². The Kier molecular flexibility index (Phi) is 5.23. The van der Waals surface area contributed by atoms with Crippen LogP contribution in [0.1, 0.15) is 22.8 Å². The molecule has 0 spiro atoms. The lowest BCUT2D eigenvalue weighted by atomic mass is 10.1. The van der Waals surface area contributed by atoms with Crippen molar-refractivity contribution in [2.45, 2.75) is 6.92 Å². The lowest BCUT2D eigenvalue weighted by molar-refractivity contribution is -0.255. The van der Waals surface area contributed by atoms with Gasteiger partial charge < -0.3 is 14.6 Å². The third-order valence-corrected chi connectivity index (χ3v) is 3.79. The number of nitrogens with zero attached hydrogens (tertiary/aromatic N) is 3. The van der Waals surface area contributed by atoms with Crippen molar-refractivity contribution in [3.05, 3.63) is 64.4 Å². The van der Waals surface area contributed by atoms with E-state index in [0.717, 1.165) is 11.3 Å². The molecule has 1 heterocycles. The smallest absolute Gasteiger partial charge is 0.216 e. The fourth-order valence-corrected chi connectivity index (χ4v) is 2.49. The molecule has 0 saturated carbocycles. The van der Waals surface area contributed by atoms with Crippen molar-refractivity contribution >= 4 is 24.4 Å². The molecule has 0 unspecified atom stereocenters. The second-order valence-electron chi connectivity index (χ2n) is 5.28. The summed E-state index contributed by atoms with van der Waals surface area (Å²) in [5.41, 5.74) is 1.62. The first-order valence-electron chi connectivity index (χ1n) is 7.85. The van der Waals surface area contributed by atoms with Crippen molar-refractivity contribution in [1.82, 2.24) is 14.9 Å². The zero-order valence-corrected chi connectivity index (χ0v) is 14.7. The van der Waals surface area contributed by atoms with Gasteiger partial charge in [-0.1, -0.05) is 36.4 Å². The van der Waals surface area contributed by atoms with Crippen molar-refractivity contribution in [3.63, 3.8) is 0 Å². The Bertz CT molecular complexity index is 1010. The monoisotopic (exact) mass is 367 g/mol. The maximum atomic E-state index is 10.8. The summed E-state index contributed by atoms with van der Waals surface area (Å²) in [6, 6.07) is 13.6. The van der Waals surface area contributed by atoms with Gasteiger partial charge in [0.1, 0.15) is 5.75 Å². The van der Waals surface area contributed by atoms with Gasteiger partial charge >= 0.3 is 0 Å². The highest BCUT2D eigenvalue weighted by Crippen LogP contribution is 2.22. The van der Waals surface area contributed by atoms with Crippen LogP contribution in [0.5, 0.6) is 5.75 Å². The number of carboxylic acid groups (broad SMARTS) is 1. The summed E-state index contributed by atoms with van der Waals surface area (Å²) in [5, 5.41) is 22.1. The van der Waals surface area contributed by atoms with Gasteiger partial charge in [0.25, 0.3) is 0 Å². The van der Waals surface area contributed by atoms with Crippen molar-refractivity contribution in [1.29, 1.82) is 0 Å². The fourth-order valence-electron chi connectivity index (χ4n) is 2.31. The molecule has 0 radical (unpaired) electrons. The lowest BCUT2D eigenvalue weighted by Crippen LogP contribution is -2.21. The highest BCUT2D eigenvalue weighted by molar-refractivity contribution is 7.71. The summed E-state index contributed by atoms with van der Waals surface area (Å²) in [5.74, 6) is 0.0495. The summed E-state index contributed by atoms with van der Waals surface area (Å²) in [7, 11) is 0. The van der Waals surface area contributed by atoms with Gasteiger partial charge in [-0.25, -0.2) is 5.10 Å². The number of carbonyl (C=O) groups is 1. The van der Waals surface area contributed by atoms with Crippen molar-refractivity contribution in [2.75, 3.05) is 6.61 Å². The number of aromatic carboxylic acids is 1. The number of carbonyl (C=O) groups excluding carboxylic acids is 1. The molecule has 2 aromatic carbocycles. The highest BCUT2D eigenvalue weighted by Gasteiger charge is 2.09. The molecule has 1 aromatic heterocycles. The van der Waals surface area contributed by atoms with Gasteiger partial charge in [-0.15, -0.1) is 0 Å². The van der Waals surface area contributed by atoms with E-state index in [1.807, 2.05) is 31.2 Å². The number of hydrogen-bond acceptors (Lipinski definition) is 6. The predicted molar refractivity (Wildman–Crippen MR) is 97.8 cm³/mol. The van der Waals surface area contributed by atoms with E-state index in [0.29, 0.717) is 22.8 Å². The average Bonchev–Trinajstić information content (AvgIpc) is 3.01. The summed E-state index contributed by atoms with van der Waals surface area (Å²) < 4.78 is 7.34. The van der Waals surface area contributed by atoms with Crippen LogP contribution in [-0.4, -0.2) is 33.7 Å². The van der Waals surface area contributed by atoms with Crippen LogP contribution in [0, 0.1) is 4.77 Å². The van der Waals surface area contributed by atoms with E-state index in [2.05, 4.69) is 15.3 Å². The Balaban J connectivity index is 1.92. The fraction of sp³-hybridized carbons (Fsp3) is 0.111. The number of benzene rings is 2. The van der Waals surface area contributed by atoms with E-state index in [9.17, 15) is 9.90 Å². The Morgan fingerprint density at radius 1 is 1.35 bits per heavy atom. The first-order chi connectivity index (χ1) is 12.6. The molecule has 26 heavy (non-hydrogen) atoms. The topological polar surface area (TPSA) is 95.3 Å². The third-order valence-electron chi connectivity index (χ3n) is 3.52. The number of hydrogen-bond donors (Lipinski definition) is 1. The van der Waals surface area contributed by atoms with E-state index < -0.39 is 5.97 Å². The molecule has 0 aliphatic rings. The average molecular weight is 367 g/mol. The van der Waals surface area contributed by atoms with Crippen molar-refractivity contribution in [3.8, 4) is 17.1 Å². The van der Waals surface area contributed by atoms with Gasteiger partial charge in [-0.2, -0.15) is 14.9 Å². The molecule has 0 atom stereocenters. The molecule has 0 fully saturated rings. The first kappa shape index (κ1) is 17.6. The molecule has 0 aliphatic heterocycles. The quantitative estimate of drug-likeness (QED) is 0.533. The molecule has 1 N–H and O–H groups in total. The Morgan fingerprint density at radius 2 is 2.12 bits per heavy atom. The number of H-pyrrole nitrogens is 1. The molecule has 0 saturated heterocycles. The van der Waals surface area contributed by atoms with E-state index >= 15 is 0 Å². The number of ether oxygens (including phenoxy) is 1. The Morgan fingerprint density at radius 3 is 2.81 bits per heavy atom. The number of rotatable bonds is 6. The van der Waals surface area contributed by atoms with E-state index in [1.54, 1.807) is 18.3 Å². The third kappa shape index (κ3) is 3.86. The van der Waals surface area contributed by atoms with Gasteiger partial charge in [0.15, 0.2) is 5.82 Å². The molecule has 0 bridgehead atoms. The molecule has 3 rings (SSSR count). The standard InChI is InChI=1S/C18H16N4O3S/c1-2-25-15-5-3-4-14(10-15)16-20-21-18(26)22(16)19-11-12-6-8-13(9-7-12)17(23)24/h3-11H,2H2,1H3,(H,21,26)(H,23,24)/p-1/b19-11-. The minimum atomic E-state index is -1.22. The second kappa shape index (κ2) is 7.75. The van der Waals surface area contributed by atoms with Gasteiger partial charge in [-0.3, -0.25) is 0 Å². The first-order valence-corrected chi connectivity index (χ1v) is 8.25. The minimum Gasteiger partial charge on any atom is -0.545 e. The molecule has 0 amide bonds. The normalized spacial score (nSPS) is 11.0. The Hall–Kier alpha value is -3.26. The van der Waals surface area contributed by atoms with E-state index in [-0.39, 0.29) is 5.56 Å². The molecule has 7 nitrogen and oxygen atoms in total. The van der Waals surface area contributed by atoms with E-state index in [4.69, 9.17) is 17.0 Å². The van der Waals surface area contributed by atoms with Crippen LogP contribution >= 0.6 is 12.2 Å². The zero-order valence-electron chi connectivity index (χ0n) is 13.9. The molecular weight excluding hydrogens is 352 g/mol. The van der Waals surface area contributed by atoms with Gasteiger partial charge in [-0.05, 0) is 42.4 Å². The number of aromatic nitrogens is 3. The van der Waals surface area contributed by atoms with Crippen LogP contribution < -0.4 is 9.84 Å². The number of carboxylic acids is 1.